The summed E-state index contributed by atoms with van der Waals surface area (Å²) in [5, 5.41) is 10.0. The summed E-state index contributed by atoms with van der Waals surface area (Å²) in [4.78, 5) is 44.2. The van der Waals surface area contributed by atoms with Gasteiger partial charge in [-0.05, 0) is 45.2 Å². The summed E-state index contributed by atoms with van der Waals surface area (Å²) in [7, 11) is 0. The molecule has 1 spiro atoms. The zero-order valence-electron chi connectivity index (χ0n) is 20.6. The van der Waals surface area contributed by atoms with Crippen LogP contribution < -0.4 is 4.90 Å². The Bertz CT molecular complexity index is 1030. The highest BCUT2D eigenvalue weighted by Crippen LogP contribution is 2.60. The molecule has 0 saturated carbocycles. The van der Waals surface area contributed by atoms with E-state index in [0.29, 0.717) is 6.42 Å². The fraction of sp³-hybridized carbons (Fsp3) is 0.577. The number of halogens is 1. The van der Waals surface area contributed by atoms with Crippen LogP contribution in [0.3, 0.4) is 0 Å². The Morgan fingerprint density at radius 2 is 2.06 bits per heavy atom. The lowest BCUT2D eigenvalue weighted by molar-refractivity contribution is -0.155. The fourth-order valence-corrected chi connectivity index (χ4v) is 7.16. The van der Waals surface area contributed by atoms with E-state index in [2.05, 4.69) is 22.5 Å². The first-order chi connectivity index (χ1) is 16.6. The maximum atomic E-state index is 14.4. The predicted octanol–water partition coefficient (Wildman–Crippen LogP) is 2.51. The molecule has 3 unspecified atom stereocenters. The maximum absolute atomic E-state index is 14.4. The Kier molecular flexibility index (Phi) is 7.14. The largest absolute Gasteiger partial charge is 0.466 e. The van der Waals surface area contributed by atoms with Gasteiger partial charge in [-0.25, -0.2) is 0 Å². The van der Waals surface area contributed by atoms with E-state index in [9.17, 15) is 19.5 Å². The number of likely N-dealkylation sites (tertiary alicyclic amines) is 1. The van der Waals surface area contributed by atoms with Gasteiger partial charge in [0, 0.05) is 17.1 Å². The number of hydrogen-bond donors (Lipinski definition) is 1. The van der Waals surface area contributed by atoms with Crippen LogP contribution in [0.15, 0.2) is 30.9 Å². The van der Waals surface area contributed by atoms with Crippen LogP contribution in [0, 0.1) is 25.7 Å². The lowest BCUT2D eigenvalue weighted by Gasteiger charge is -2.39. The van der Waals surface area contributed by atoms with Crippen LogP contribution in [0.1, 0.15) is 31.4 Å². The molecule has 3 fully saturated rings. The average Bonchev–Trinajstić information content (AvgIpc) is 3.41. The van der Waals surface area contributed by atoms with Crippen molar-refractivity contribution in [3.8, 4) is 0 Å². The number of alkyl halides is 1. The van der Waals surface area contributed by atoms with Gasteiger partial charge in [0.15, 0.2) is 0 Å². The van der Waals surface area contributed by atoms with Gasteiger partial charge in [-0.3, -0.25) is 14.4 Å². The Hall–Kier alpha value is -2.23. The summed E-state index contributed by atoms with van der Waals surface area (Å²) in [6.07, 6.45) is 1.47. The number of carbonyl (C=O) groups is 3. The monoisotopic (exact) mass is 548 g/mol. The van der Waals surface area contributed by atoms with E-state index in [1.54, 1.807) is 24.8 Å². The molecule has 3 heterocycles. The number of ether oxygens (including phenoxy) is 2. The van der Waals surface area contributed by atoms with E-state index in [1.807, 2.05) is 32.0 Å². The molecular formula is C26H33BrN2O6. The van der Waals surface area contributed by atoms with Gasteiger partial charge < -0.3 is 24.4 Å². The third-order valence-electron chi connectivity index (χ3n) is 7.55. The Morgan fingerprint density at radius 1 is 1.40 bits per heavy atom. The van der Waals surface area contributed by atoms with E-state index in [4.69, 9.17) is 9.47 Å². The molecule has 2 amide bonds. The van der Waals surface area contributed by atoms with E-state index in [1.165, 1.54) is 4.90 Å². The number of carbonyl (C=O) groups excluding carboxylic acids is 3. The van der Waals surface area contributed by atoms with Gasteiger partial charge in [0.1, 0.15) is 11.6 Å². The number of para-hydroxylation sites is 1. The van der Waals surface area contributed by atoms with Gasteiger partial charge in [-0.2, -0.15) is 0 Å². The van der Waals surface area contributed by atoms with Crippen LogP contribution in [-0.2, 0) is 23.9 Å². The van der Waals surface area contributed by atoms with Crippen LogP contribution in [0.5, 0.6) is 0 Å². The summed E-state index contributed by atoms with van der Waals surface area (Å²) in [5.41, 5.74) is 1.38. The molecule has 35 heavy (non-hydrogen) atoms. The molecule has 4 rings (SSSR count). The zero-order valence-corrected chi connectivity index (χ0v) is 22.2. The molecule has 1 aromatic rings. The van der Waals surface area contributed by atoms with Crippen LogP contribution in [0.25, 0.3) is 0 Å². The smallest absolute Gasteiger partial charge is 0.312 e. The number of aliphatic hydroxyl groups is 1. The van der Waals surface area contributed by atoms with Crippen molar-refractivity contribution in [1.82, 2.24) is 4.90 Å². The summed E-state index contributed by atoms with van der Waals surface area (Å²) in [6, 6.07) is 4.15. The molecule has 0 radical (unpaired) electrons. The van der Waals surface area contributed by atoms with E-state index < -0.39 is 41.6 Å². The van der Waals surface area contributed by atoms with Crippen molar-refractivity contribution in [2.75, 3.05) is 24.7 Å². The molecule has 1 N–H and O–H groups in total. The highest BCUT2D eigenvalue weighted by molar-refractivity contribution is 9.09. The van der Waals surface area contributed by atoms with Gasteiger partial charge in [-0.1, -0.05) is 40.2 Å². The fourth-order valence-electron chi connectivity index (χ4n) is 6.22. The minimum atomic E-state index is -1.20. The Morgan fingerprint density at radius 3 is 2.63 bits per heavy atom. The predicted molar refractivity (Wildman–Crippen MR) is 134 cm³/mol. The molecule has 2 bridgehead atoms. The van der Waals surface area contributed by atoms with Crippen molar-refractivity contribution in [3.05, 3.63) is 42.0 Å². The molecule has 7 atom stereocenters. The topological polar surface area (TPSA) is 96.4 Å². The van der Waals surface area contributed by atoms with Crippen LogP contribution in [0.4, 0.5) is 5.69 Å². The second kappa shape index (κ2) is 9.67. The zero-order chi connectivity index (χ0) is 25.7. The van der Waals surface area contributed by atoms with Crippen molar-refractivity contribution in [3.63, 3.8) is 0 Å². The van der Waals surface area contributed by atoms with Gasteiger partial charge in [0.25, 0.3) is 5.91 Å². The molecule has 190 valence electrons. The van der Waals surface area contributed by atoms with Crippen molar-refractivity contribution in [2.24, 2.45) is 11.8 Å². The SMILES string of the molecule is C=CCN(C(=O)C1N([C@H](C)CO)C(=O)[C@@H]2[C@H](C(=O)OCC)[C@H]3OC12CC3Br)c1c(C)cccc1C. The van der Waals surface area contributed by atoms with E-state index >= 15 is 0 Å². The number of rotatable bonds is 8. The van der Waals surface area contributed by atoms with Gasteiger partial charge >= 0.3 is 5.97 Å². The second-order valence-corrected chi connectivity index (χ2v) is 10.8. The number of anilines is 1. The van der Waals surface area contributed by atoms with Crippen LogP contribution in [-0.4, -0.2) is 76.2 Å². The van der Waals surface area contributed by atoms with Crippen molar-refractivity contribution in [2.45, 2.75) is 62.7 Å². The third kappa shape index (κ3) is 3.83. The number of fused-ring (bicyclic) bond motifs is 1. The summed E-state index contributed by atoms with van der Waals surface area (Å²) >= 11 is 3.64. The third-order valence-corrected chi connectivity index (χ3v) is 8.39. The minimum Gasteiger partial charge on any atom is -0.466 e. The molecule has 9 heteroatoms. The number of benzene rings is 1. The number of aryl methyl sites for hydroxylation is 2. The van der Waals surface area contributed by atoms with Crippen molar-refractivity contribution in [1.29, 1.82) is 0 Å². The normalized spacial score (nSPS) is 31.9. The van der Waals surface area contributed by atoms with Crippen LogP contribution >= 0.6 is 15.9 Å². The highest BCUT2D eigenvalue weighted by Gasteiger charge is 2.77. The molecule has 3 aliphatic heterocycles. The maximum Gasteiger partial charge on any atom is 0.312 e. The lowest BCUT2D eigenvalue weighted by atomic mass is 9.70. The molecule has 0 aromatic heterocycles. The number of nitrogens with zero attached hydrogens (tertiary/aromatic N) is 2. The molecule has 3 saturated heterocycles. The van der Waals surface area contributed by atoms with Crippen molar-refractivity contribution >= 4 is 39.4 Å². The van der Waals surface area contributed by atoms with E-state index in [-0.39, 0.29) is 36.4 Å². The summed E-state index contributed by atoms with van der Waals surface area (Å²) in [5.74, 6) is -2.84. The molecule has 0 aliphatic carbocycles. The number of amides is 2. The highest BCUT2D eigenvalue weighted by atomic mass is 79.9. The molecule has 1 aromatic carbocycles. The average molecular weight is 549 g/mol. The summed E-state index contributed by atoms with van der Waals surface area (Å²) in [6.45, 7) is 11.2. The molecular weight excluding hydrogens is 516 g/mol. The standard InChI is InChI=1S/C26H33BrN2O6/c1-6-11-28(20-14(3)9-8-10-15(20)4)24(32)22-26-12-17(27)21(35-26)18(25(33)34-7-2)19(26)23(31)29(22)16(5)13-30/h6,8-10,16-19,21-22,30H,1,7,11-13H2,2-5H3/t16-,17?,18+,19+,21+,22?,26?/m1/s1. The molecule has 8 nitrogen and oxygen atoms in total. The minimum absolute atomic E-state index is 0.182. The Labute approximate surface area is 214 Å². The lowest BCUT2D eigenvalue weighted by Crippen LogP contribution is -2.59. The van der Waals surface area contributed by atoms with Gasteiger partial charge in [-0.15, -0.1) is 6.58 Å². The second-order valence-electron chi connectivity index (χ2n) is 9.67. The number of esters is 1. The molecule has 3 aliphatic rings. The van der Waals surface area contributed by atoms with Gasteiger partial charge in [0.2, 0.25) is 5.91 Å². The number of hydrogen-bond acceptors (Lipinski definition) is 6. The Balaban J connectivity index is 1.86. The number of aliphatic hydroxyl groups excluding tert-OH is 1. The van der Waals surface area contributed by atoms with Gasteiger partial charge in [0.05, 0.1) is 37.2 Å². The van der Waals surface area contributed by atoms with Crippen molar-refractivity contribution < 1.29 is 29.0 Å². The first-order valence-corrected chi connectivity index (χ1v) is 13.0. The van der Waals surface area contributed by atoms with E-state index in [0.717, 1.165) is 16.8 Å². The first-order valence-electron chi connectivity index (χ1n) is 12.0. The van der Waals surface area contributed by atoms with Crippen LogP contribution in [0.2, 0.25) is 0 Å². The summed E-state index contributed by atoms with van der Waals surface area (Å²) < 4.78 is 11.8. The first kappa shape index (κ1) is 25.9. The quantitative estimate of drug-likeness (QED) is 0.304.